The third kappa shape index (κ3) is 3.10. The highest BCUT2D eigenvalue weighted by atomic mass is 32.1. The number of nitrogens with two attached hydrogens (primary N) is 1. The summed E-state index contributed by atoms with van der Waals surface area (Å²) in [7, 11) is 0. The molecule has 1 aromatic heterocycles. The van der Waals surface area contributed by atoms with E-state index >= 15 is 0 Å². The average molecular weight is 304 g/mol. The summed E-state index contributed by atoms with van der Waals surface area (Å²) in [5, 5.41) is 13.0. The van der Waals surface area contributed by atoms with Crippen LogP contribution in [0.25, 0.3) is 0 Å². The number of rotatable bonds is 3. The topological polar surface area (TPSA) is 82.2 Å². The fraction of sp³-hybridized carbons (Fsp3) is 0.600. The fourth-order valence-electron chi connectivity index (χ4n) is 3.09. The quantitative estimate of drug-likeness (QED) is 0.886. The first-order chi connectivity index (χ1) is 10.2. The van der Waals surface area contributed by atoms with Crippen molar-refractivity contribution >= 4 is 22.2 Å². The summed E-state index contributed by atoms with van der Waals surface area (Å²) in [6.45, 7) is 2.14. The maximum atomic E-state index is 12.2. The van der Waals surface area contributed by atoms with E-state index in [-0.39, 0.29) is 11.9 Å². The number of nitrogens with zero attached hydrogens (tertiary/aromatic N) is 2. The van der Waals surface area contributed by atoms with E-state index in [0.29, 0.717) is 12.1 Å². The van der Waals surface area contributed by atoms with Gasteiger partial charge in [-0.15, -0.1) is 11.3 Å². The molecule has 1 amide bonds. The van der Waals surface area contributed by atoms with Crippen LogP contribution in [-0.4, -0.2) is 36.5 Å². The van der Waals surface area contributed by atoms with Crippen molar-refractivity contribution in [3.8, 4) is 6.07 Å². The van der Waals surface area contributed by atoms with Crippen LogP contribution < -0.4 is 11.1 Å². The average Bonchev–Trinajstić information content (AvgIpc) is 3.01. The van der Waals surface area contributed by atoms with Crippen LogP contribution in [0, 0.1) is 11.3 Å². The summed E-state index contributed by atoms with van der Waals surface area (Å²) in [4.78, 5) is 15.6. The highest BCUT2D eigenvalue weighted by Crippen LogP contribution is 2.38. The Morgan fingerprint density at radius 3 is 2.90 bits per heavy atom. The molecule has 2 aliphatic rings. The molecule has 1 aromatic rings. The molecule has 0 saturated carbocycles. The van der Waals surface area contributed by atoms with Gasteiger partial charge in [-0.2, -0.15) is 5.26 Å². The highest BCUT2D eigenvalue weighted by Gasteiger charge is 2.24. The maximum Gasteiger partial charge on any atom is 0.239 e. The normalized spacial score (nSPS) is 19.2. The Hall–Kier alpha value is -1.42. The number of likely N-dealkylation sites (tertiary alicyclic amines) is 1. The van der Waals surface area contributed by atoms with Crippen molar-refractivity contribution < 1.29 is 4.79 Å². The minimum absolute atomic E-state index is 0.0260. The molecule has 21 heavy (non-hydrogen) atoms. The number of carbonyl (C=O) groups excluding carboxylic acids is 1. The number of piperidine rings is 1. The number of carbonyl (C=O) groups is 1. The van der Waals surface area contributed by atoms with E-state index in [2.05, 4.69) is 16.3 Å². The first-order valence-corrected chi connectivity index (χ1v) is 8.31. The molecule has 0 unspecified atom stereocenters. The first-order valence-electron chi connectivity index (χ1n) is 7.50. The molecule has 1 aliphatic carbocycles. The number of aryl methyl sites for hydroxylation is 1. The summed E-state index contributed by atoms with van der Waals surface area (Å²) >= 11 is 1.57. The number of hydrogen-bond donors (Lipinski definition) is 2. The Morgan fingerprint density at radius 2 is 2.19 bits per heavy atom. The van der Waals surface area contributed by atoms with Crippen LogP contribution >= 0.6 is 11.3 Å². The maximum absolute atomic E-state index is 12.2. The first kappa shape index (κ1) is 14.5. The third-order valence-electron chi connectivity index (χ3n) is 4.29. The second-order valence-corrected chi connectivity index (χ2v) is 6.94. The Bertz CT molecular complexity index is 581. The number of nitriles is 1. The molecule has 6 heteroatoms. The molecule has 0 bridgehead atoms. The Balaban J connectivity index is 1.62. The summed E-state index contributed by atoms with van der Waals surface area (Å²) < 4.78 is 0. The lowest BCUT2D eigenvalue weighted by molar-refractivity contribution is -0.117. The van der Waals surface area contributed by atoms with Crippen molar-refractivity contribution in [3.05, 3.63) is 16.0 Å². The number of nitrogens with one attached hydrogen (secondary N) is 1. The number of amides is 1. The number of anilines is 1. The predicted octanol–water partition coefficient (Wildman–Crippen LogP) is 1.47. The third-order valence-corrected chi connectivity index (χ3v) is 5.49. The Morgan fingerprint density at radius 1 is 1.43 bits per heavy atom. The molecule has 3 rings (SSSR count). The smallest absolute Gasteiger partial charge is 0.239 e. The largest absolute Gasteiger partial charge is 0.328 e. The molecule has 1 saturated heterocycles. The van der Waals surface area contributed by atoms with Gasteiger partial charge in [-0.25, -0.2) is 0 Å². The van der Waals surface area contributed by atoms with E-state index in [0.717, 1.165) is 55.8 Å². The van der Waals surface area contributed by atoms with Gasteiger partial charge in [0.1, 0.15) is 11.1 Å². The lowest BCUT2D eigenvalue weighted by atomic mass is 10.1. The van der Waals surface area contributed by atoms with Crippen molar-refractivity contribution in [3.63, 3.8) is 0 Å². The van der Waals surface area contributed by atoms with Gasteiger partial charge in [0.2, 0.25) is 5.91 Å². The Labute approximate surface area is 128 Å². The van der Waals surface area contributed by atoms with E-state index < -0.39 is 0 Å². The minimum atomic E-state index is -0.0260. The van der Waals surface area contributed by atoms with Crippen LogP contribution in [0.1, 0.15) is 35.3 Å². The van der Waals surface area contributed by atoms with E-state index in [9.17, 15) is 10.1 Å². The molecule has 2 heterocycles. The van der Waals surface area contributed by atoms with E-state index in [1.807, 2.05) is 0 Å². The van der Waals surface area contributed by atoms with Crippen molar-refractivity contribution in [2.45, 2.75) is 38.1 Å². The minimum Gasteiger partial charge on any atom is -0.328 e. The van der Waals surface area contributed by atoms with Crippen molar-refractivity contribution in [1.82, 2.24) is 4.90 Å². The zero-order valence-corrected chi connectivity index (χ0v) is 12.8. The van der Waals surface area contributed by atoms with Gasteiger partial charge in [-0.05, 0) is 37.7 Å². The van der Waals surface area contributed by atoms with Crippen molar-refractivity contribution in [2.75, 3.05) is 25.0 Å². The van der Waals surface area contributed by atoms with Gasteiger partial charge in [-0.1, -0.05) is 0 Å². The van der Waals surface area contributed by atoms with Gasteiger partial charge < -0.3 is 11.1 Å². The SMILES string of the molecule is N#Cc1c(NC(=O)CN2CCC(N)CC2)sc2c1CCC2. The van der Waals surface area contributed by atoms with Crippen LogP contribution in [0.4, 0.5) is 5.00 Å². The molecule has 3 N–H and O–H groups in total. The van der Waals surface area contributed by atoms with Crippen LogP contribution in [-0.2, 0) is 17.6 Å². The lowest BCUT2D eigenvalue weighted by Gasteiger charge is -2.29. The van der Waals surface area contributed by atoms with Crippen LogP contribution in [0.2, 0.25) is 0 Å². The molecule has 112 valence electrons. The molecule has 1 aliphatic heterocycles. The lowest BCUT2D eigenvalue weighted by Crippen LogP contribution is -2.43. The summed E-state index contributed by atoms with van der Waals surface area (Å²) in [6, 6.07) is 2.53. The second kappa shape index (κ2) is 6.14. The molecule has 1 fully saturated rings. The van der Waals surface area contributed by atoms with Gasteiger partial charge in [0, 0.05) is 24.0 Å². The monoisotopic (exact) mass is 304 g/mol. The van der Waals surface area contributed by atoms with E-state index in [1.165, 1.54) is 4.88 Å². The fourth-order valence-corrected chi connectivity index (χ4v) is 4.35. The van der Waals surface area contributed by atoms with Crippen LogP contribution in [0.5, 0.6) is 0 Å². The predicted molar refractivity (Wildman–Crippen MR) is 83.3 cm³/mol. The summed E-state index contributed by atoms with van der Waals surface area (Å²) in [5.74, 6) is -0.0260. The number of hydrogen-bond acceptors (Lipinski definition) is 5. The zero-order valence-electron chi connectivity index (χ0n) is 12.0. The summed E-state index contributed by atoms with van der Waals surface area (Å²) in [6.07, 6.45) is 5.02. The summed E-state index contributed by atoms with van der Waals surface area (Å²) in [5.41, 5.74) is 7.71. The van der Waals surface area contributed by atoms with E-state index in [1.54, 1.807) is 11.3 Å². The van der Waals surface area contributed by atoms with Gasteiger partial charge in [0.25, 0.3) is 0 Å². The van der Waals surface area contributed by atoms with Gasteiger partial charge in [0.15, 0.2) is 0 Å². The van der Waals surface area contributed by atoms with E-state index in [4.69, 9.17) is 5.73 Å². The Kier molecular flexibility index (Phi) is 4.24. The molecule has 0 spiro atoms. The van der Waals surface area contributed by atoms with Crippen molar-refractivity contribution in [1.29, 1.82) is 5.26 Å². The number of thiophene rings is 1. The van der Waals surface area contributed by atoms with Gasteiger partial charge >= 0.3 is 0 Å². The highest BCUT2D eigenvalue weighted by molar-refractivity contribution is 7.16. The van der Waals surface area contributed by atoms with Crippen molar-refractivity contribution in [2.24, 2.45) is 5.73 Å². The molecule has 0 atom stereocenters. The molecule has 5 nitrogen and oxygen atoms in total. The number of fused-ring (bicyclic) bond motifs is 1. The second-order valence-electron chi connectivity index (χ2n) is 5.84. The van der Waals surface area contributed by atoms with Crippen LogP contribution in [0.3, 0.4) is 0 Å². The van der Waals surface area contributed by atoms with Crippen LogP contribution in [0.15, 0.2) is 0 Å². The molecule has 0 radical (unpaired) electrons. The van der Waals surface area contributed by atoms with Gasteiger partial charge in [-0.3, -0.25) is 9.69 Å². The zero-order chi connectivity index (χ0) is 14.8. The van der Waals surface area contributed by atoms with Gasteiger partial charge in [0.05, 0.1) is 12.1 Å². The molecular weight excluding hydrogens is 284 g/mol. The molecule has 0 aromatic carbocycles. The molecular formula is C15H20N4OS. The standard InChI is InChI=1S/C15H20N4OS/c16-8-12-11-2-1-3-13(11)21-15(12)18-14(20)9-19-6-4-10(17)5-7-19/h10H,1-7,9,17H2,(H,18,20).